The summed E-state index contributed by atoms with van der Waals surface area (Å²) in [6, 6.07) is 8.43. The molecule has 3 heterocycles. The number of hydrogen-bond acceptors (Lipinski definition) is 7. The molecule has 31 heavy (non-hydrogen) atoms. The monoisotopic (exact) mass is 480 g/mol. The largest absolute Gasteiger partial charge is 0.339 e. The molecule has 1 saturated heterocycles. The van der Waals surface area contributed by atoms with Crippen LogP contribution in [0.3, 0.4) is 0 Å². The molecule has 11 heteroatoms. The third kappa shape index (κ3) is 4.82. The second-order valence-corrected chi connectivity index (χ2v) is 10.7. The quantitative estimate of drug-likeness (QED) is 0.570. The summed E-state index contributed by atoms with van der Waals surface area (Å²) in [6.45, 7) is 2.40. The van der Waals surface area contributed by atoms with Gasteiger partial charge in [0, 0.05) is 41.2 Å². The molecule has 8 nitrogen and oxygen atoms in total. The van der Waals surface area contributed by atoms with Gasteiger partial charge >= 0.3 is 0 Å². The van der Waals surface area contributed by atoms with Gasteiger partial charge in [0.2, 0.25) is 17.6 Å². The minimum absolute atomic E-state index is 0.129. The lowest BCUT2D eigenvalue weighted by atomic mass is 9.99. The van der Waals surface area contributed by atoms with Gasteiger partial charge in [-0.2, -0.15) is 9.29 Å². The SMILES string of the molecule is CCc1nc(-c2csc(S(=O)(=O)N3CCCC(C(=O)Nc4cccc(Cl)c4)C3)c2)no1. The Balaban J connectivity index is 1.47. The number of benzene rings is 1. The zero-order chi connectivity index (χ0) is 22.0. The van der Waals surface area contributed by atoms with Gasteiger partial charge < -0.3 is 9.84 Å². The average Bonchev–Trinajstić information content (AvgIpc) is 3.43. The lowest BCUT2D eigenvalue weighted by Gasteiger charge is -2.30. The molecule has 1 aliphatic heterocycles. The first-order valence-corrected chi connectivity index (χ1v) is 12.5. The Kier molecular flexibility index (Phi) is 6.42. The molecule has 0 radical (unpaired) electrons. The summed E-state index contributed by atoms with van der Waals surface area (Å²) in [5, 5.41) is 8.94. The zero-order valence-electron chi connectivity index (χ0n) is 16.7. The number of aromatic nitrogens is 2. The Morgan fingerprint density at radius 1 is 1.39 bits per heavy atom. The second-order valence-electron chi connectivity index (χ2n) is 7.22. The zero-order valence-corrected chi connectivity index (χ0v) is 19.1. The van der Waals surface area contributed by atoms with E-state index in [0.29, 0.717) is 53.8 Å². The maximum atomic E-state index is 13.2. The van der Waals surface area contributed by atoms with Crippen molar-refractivity contribution in [3.63, 3.8) is 0 Å². The number of rotatable bonds is 6. The van der Waals surface area contributed by atoms with Gasteiger partial charge in [0.15, 0.2) is 0 Å². The number of hydrogen-bond donors (Lipinski definition) is 1. The smallest absolute Gasteiger partial charge is 0.252 e. The van der Waals surface area contributed by atoms with Crippen LogP contribution in [0.5, 0.6) is 0 Å². The predicted molar refractivity (Wildman–Crippen MR) is 119 cm³/mol. The van der Waals surface area contributed by atoms with E-state index in [-0.39, 0.29) is 16.7 Å². The van der Waals surface area contributed by atoms with E-state index in [1.807, 2.05) is 6.92 Å². The van der Waals surface area contributed by atoms with Gasteiger partial charge in [-0.3, -0.25) is 4.79 Å². The van der Waals surface area contributed by atoms with Crippen molar-refractivity contribution in [2.45, 2.75) is 30.4 Å². The molecule has 0 saturated carbocycles. The molecule has 0 spiro atoms. The Morgan fingerprint density at radius 3 is 2.97 bits per heavy atom. The fourth-order valence-electron chi connectivity index (χ4n) is 3.40. The first-order valence-electron chi connectivity index (χ1n) is 9.85. The van der Waals surface area contributed by atoms with Crippen LogP contribution in [-0.4, -0.2) is 41.9 Å². The van der Waals surface area contributed by atoms with Gasteiger partial charge in [-0.1, -0.05) is 29.7 Å². The van der Waals surface area contributed by atoms with E-state index < -0.39 is 15.9 Å². The molecule has 1 aromatic carbocycles. The van der Waals surface area contributed by atoms with Gasteiger partial charge in [-0.05, 0) is 37.1 Å². The van der Waals surface area contributed by atoms with E-state index in [9.17, 15) is 13.2 Å². The summed E-state index contributed by atoms with van der Waals surface area (Å²) in [5.41, 5.74) is 1.19. The van der Waals surface area contributed by atoms with Gasteiger partial charge in [0.25, 0.3) is 10.0 Å². The third-order valence-electron chi connectivity index (χ3n) is 5.05. The number of halogens is 1. The van der Waals surface area contributed by atoms with E-state index in [0.717, 1.165) is 11.3 Å². The summed E-state index contributed by atoms with van der Waals surface area (Å²) in [7, 11) is -3.73. The molecule has 1 N–H and O–H groups in total. The highest BCUT2D eigenvalue weighted by Gasteiger charge is 2.34. The van der Waals surface area contributed by atoms with Gasteiger partial charge in [0.05, 0.1) is 5.92 Å². The maximum Gasteiger partial charge on any atom is 0.252 e. The van der Waals surface area contributed by atoms with Crippen LogP contribution in [0, 0.1) is 5.92 Å². The second kappa shape index (κ2) is 9.07. The number of aryl methyl sites for hydroxylation is 1. The highest BCUT2D eigenvalue weighted by molar-refractivity contribution is 7.91. The van der Waals surface area contributed by atoms with Crippen LogP contribution in [0.1, 0.15) is 25.7 Å². The molecule has 2 aromatic heterocycles. The van der Waals surface area contributed by atoms with Crippen molar-refractivity contribution in [3.05, 3.63) is 46.6 Å². The van der Waals surface area contributed by atoms with Crippen molar-refractivity contribution in [2.75, 3.05) is 18.4 Å². The summed E-state index contributed by atoms with van der Waals surface area (Å²) in [4.78, 5) is 17.0. The van der Waals surface area contributed by atoms with Crippen molar-refractivity contribution in [2.24, 2.45) is 5.92 Å². The standard InChI is InChI=1S/C20H21ClN4O4S2/c1-2-17-23-19(24-29-17)14-9-18(30-12-14)31(27,28)25-8-4-5-13(11-25)20(26)22-16-7-3-6-15(21)10-16/h3,6-7,9-10,12-13H,2,4-5,8,11H2,1H3,(H,22,26). The van der Waals surface area contributed by atoms with E-state index in [1.165, 1.54) is 4.31 Å². The van der Waals surface area contributed by atoms with Gasteiger partial charge in [-0.25, -0.2) is 8.42 Å². The number of carbonyl (C=O) groups is 1. The molecular weight excluding hydrogens is 460 g/mol. The average molecular weight is 481 g/mol. The van der Waals surface area contributed by atoms with E-state index in [1.54, 1.807) is 35.7 Å². The number of carbonyl (C=O) groups excluding carboxylic acids is 1. The Bertz CT molecular complexity index is 1190. The van der Waals surface area contributed by atoms with Crippen molar-refractivity contribution in [3.8, 4) is 11.4 Å². The molecule has 3 aromatic rings. The minimum atomic E-state index is -3.73. The van der Waals surface area contributed by atoms with Crippen LogP contribution >= 0.6 is 22.9 Å². The number of piperidine rings is 1. The maximum absolute atomic E-state index is 13.2. The fraction of sp³-hybridized carbons (Fsp3) is 0.350. The Morgan fingerprint density at radius 2 is 2.23 bits per heavy atom. The molecule has 1 amide bonds. The highest BCUT2D eigenvalue weighted by Crippen LogP contribution is 2.31. The molecule has 1 unspecified atom stereocenters. The molecular formula is C20H21ClN4O4S2. The fourth-order valence-corrected chi connectivity index (χ4v) is 6.42. The van der Waals surface area contributed by atoms with Crippen LogP contribution in [0.15, 0.2) is 44.4 Å². The molecule has 1 fully saturated rings. The predicted octanol–water partition coefficient (Wildman–Crippen LogP) is 4.05. The number of nitrogens with zero attached hydrogens (tertiary/aromatic N) is 3. The molecule has 164 valence electrons. The Hall–Kier alpha value is -2.27. The van der Waals surface area contributed by atoms with Crippen LogP contribution in [0.4, 0.5) is 5.69 Å². The van der Waals surface area contributed by atoms with Crippen molar-refractivity contribution < 1.29 is 17.7 Å². The van der Waals surface area contributed by atoms with E-state index in [4.69, 9.17) is 16.1 Å². The normalized spacial score (nSPS) is 17.5. The van der Waals surface area contributed by atoms with Crippen LogP contribution < -0.4 is 5.32 Å². The van der Waals surface area contributed by atoms with Crippen molar-refractivity contribution in [1.82, 2.24) is 14.4 Å². The van der Waals surface area contributed by atoms with Gasteiger partial charge in [-0.15, -0.1) is 11.3 Å². The van der Waals surface area contributed by atoms with Crippen LogP contribution in [0.25, 0.3) is 11.4 Å². The highest BCUT2D eigenvalue weighted by atomic mass is 35.5. The minimum Gasteiger partial charge on any atom is -0.339 e. The van der Waals surface area contributed by atoms with Crippen LogP contribution in [0.2, 0.25) is 5.02 Å². The third-order valence-corrected chi connectivity index (χ3v) is 8.56. The van der Waals surface area contributed by atoms with Crippen molar-refractivity contribution in [1.29, 1.82) is 0 Å². The Labute approximate surface area is 189 Å². The lowest BCUT2D eigenvalue weighted by Crippen LogP contribution is -2.43. The molecule has 0 aliphatic carbocycles. The van der Waals surface area contributed by atoms with Crippen LogP contribution in [-0.2, 0) is 21.2 Å². The van der Waals surface area contributed by atoms with E-state index >= 15 is 0 Å². The van der Waals surface area contributed by atoms with Gasteiger partial charge in [0.1, 0.15) is 4.21 Å². The molecule has 1 atom stereocenters. The topological polar surface area (TPSA) is 105 Å². The number of thiophene rings is 1. The summed E-state index contributed by atoms with van der Waals surface area (Å²) < 4.78 is 33.1. The molecule has 0 bridgehead atoms. The first kappa shape index (κ1) is 21.9. The number of anilines is 1. The first-order chi connectivity index (χ1) is 14.9. The summed E-state index contributed by atoms with van der Waals surface area (Å²) in [5.74, 6) is 0.210. The number of amides is 1. The summed E-state index contributed by atoms with van der Waals surface area (Å²) >= 11 is 7.08. The van der Waals surface area contributed by atoms with Crippen molar-refractivity contribution >= 4 is 44.6 Å². The number of nitrogens with one attached hydrogen (secondary N) is 1. The lowest BCUT2D eigenvalue weighted by molar-refractivity contribution is -0.120. The van der Waals surface area contributed by atoms with E-state index in [2.05, 4.69) is 15.5 Å². The number of sulfonamides is 1. The summed E-state index contributed by atoms with van der Waals surface area (Å²) in [6.07, 6.45) is 1.83. The molecule has 4 rings (SSSR count). The molecule has 1 aliphatic rings.